The fourth-order valence-electron chi connectivity index (χ4n) is 3.40. The molecule has 2 fully saturated rings. The van der Waals surface area contributed by atoms with Crippen molar-refractivity contribution in [2.45, 2.75) is 25.4 Å². The Kier molecular flexibility index (Phi) is 4.30. The van der Waals surface area contributed by atoms with Gasteiger partial charge in [-0.05, 0) is 47.6 Å². The molecule has 0 aliphatic heterocycles. The molecule has 0 amide bonds. The van der Waals surface area contributed by atoms with Gasteiger partial charge in [0.15, 0.2) is 0 Å². The Morgan fingerprint density at radius 2 is 1.52 bits per heavy atom. The van der Waals surface area contributed by atoms with Crippen molar-refractivity contribution in [3.8, 4) is 0 Å². The molecule has 0 spiro atoms. The minimum absolute atomic E-state index is 0.740. The summed E-state index contributed by atoms with van der Waals surface area (Å²) < 4.78 is 5.85. The van der Waals surface area contributed by atoms with Crippen molar-refractivity contribution >= 4 is 0 Å². The van der Waals surface area contributed by atoms with Crippen LogP contribution in [-0.4, -0.2) is 6.61 Å². The second kappa shape index (κ2) is 6.72. The molecule has 2 aliphatic carbocycles. The normalized spacial score (nSPS) is 28.9. The van der Waals surface area contributed by atoms with E-state index in [-0.39, 0.29) is 0 Å². The molecule has 0 heterocycles. The molecule has 1 heteroatoms. The molecule has 0 unspecified atom stereocenters. The Balaban J connectivity index is 1.17. The lowest BCUT2D eigenvalue weighted by atomic mass is 10.1. The van der Waals surface area contributed by atoms with E-state index in [1.165, 1.54) is 24.0 Å². The molecule has 2 aromatic carbocycles. The van der Waals surface area contributed by atoms with Crippen molar-refractivity contribution in [2.24, 2.45) is 17.8 Å². The molecule has 1 nitrogen and oxygen atoms in total. The largest absolute Gasteiger partial charge is 0.376 e. The van der Waals surface area contributed by atoms with Gasteiger partial charge < -0.3 is 4.74 Å². The van der Waals surface area contributed by atoms with E-state index in [4.69, 9.17) is 4.74 Å². The highest BCUT2D eigenvalue weighted by atomic mass is 16.5. The van der Waals surface area contributed by atoms with Crippen LogP contribution in [0.5, 0.6) is 0 Å². The average Bonchev–Trinajstić information content (AvgIpc) is 3.51. The molecule has 0 radical (unpaired) electrons. The highest BCUT2D eigenvalue weighted by Gasteiger charge is 2.38. The highest BCUT2D eigenvalue weighted by molar-refractivity contribution is 5.28. The molecule has 0 bridgehead atoms. The molecule has 2 aliphatic rings. The number of rotatable bonds is 7. The van der Waals surface area contributed by atoms with E-state index in [0.29, 0.717) is 0 Å². The third-order valence-electron chi connectivity index (χ3n) is 5.09. The maximum absolute atomic E-state index is 5.85. The lowest BCUT2D eigenvalue weighted by Crippen LogP contribution is -1.98. The second-order valence-corrected chi connectivity index (χ2v) is 6.96. The van der Waals surface area contributed by atoms with Crippen LogP contribution >= 0.6 is 0 Å². The molecule has 0 N–H and O–H groups in total. The van der Waals surface area contributed by atoms with E-state index in [9.17, 15) is 0 Å². The molecule has 2 saturated carbocycles. The fourth-order valence-corrected chi connectivity index (χ4v) is 3.40. The lowest BCUT2D eigenvalue weighted by molar-refractivity contribution is 0.109. The van der Waals surface area contributed by atoms with Crippen LogP contribution in [0.15, 0.2) is 72.8 Å². The number of hydrogen-bond donors (Lipinski definition) is 0. The molecule has 23 heavy (non-hydrogen) atoms. The average molecular weight is 304 g/mol. The molecule has 118 valence electrons. The van der Waals surface area contributed by atoms with Gasteiger partial charge in [0.25, 0.3) is 0 Å². The Hall–Kier alpha value is -1.86. The van der Waals surface area contributed by atoms with E-state index < -0.39 is 0 Å². The van der Waals surface area contributed by atoms with Crippen LogP contribution in [0.3, 0.4) is 0 Å². The molecular formula is C22H24O. The van der Waals surface area contributed by atoms with Crippen LogP contribution in [-0.2, 0) is 11.3 Å². The summed E-state index contributed by atoms with van der Waals surface area (Å²) in [5, 5.41) is 0. The summed E-state index contributed by atoms with van der Waals surface area (Å²) in [6, 6.07) is 21.4. The van der Waals surface area contributed by atoms with Gasteiger partial charge in [-0.2, -0.15) is 0 Å². The van der Waals surface area contributed by atoms with E-state index >= 15 is 0 Å². The summed E-state index contributed by atoms with van der Waals surface area (Å²) in [5.74, 6) is 3.02. The van der Waals surface area contributed by atoms with Gasteiger partial charge in [-0.15, -0.1) is 0 Å². The molecular weight excluding hydrogens is 280 g/mol. The third-order valence-corrected chi connectivity index (χ3v) is 5.09. The number of benzene rings is 2. The van der Waals surface area contributed by atoms with Gasteiger partial charge in [0.1, 0.15) is 0 Å². The Morgan fingerprint density at radius 3 is 2.30 bits per heavy atom. The minimum Gasteiger partial charge on any atom is -0.376 e. The van der Waals surface area contributed by atoms with Crippen molar-refractivity contribution in [1.82, 2.24) is 0 Å². The molecule has 0 aromatic heterocycles. The first kappa shape index (κ1) is 14.7. The number of hydrogen-bond acceptors (Lipinski definition) is 1. The summed E-state index contributed by atoms with van der Waals surface area (Å²) >= 11 is 0. The van der Waals surface area contributed by atoms with Gasteiger partial charge in [0, 0.05) is 0 Å². The zero-order chi connectivity index (χ0) is 15.5. The Morgan fingerprint density at radius 1 is 0.826 bits per heavy atom. The van der Waals surface area contributed by atoms with Gasteiger partial charge in [-0.25, -0.2) is 0 Å². The van der Waals surface area contributed by atoms with E-state index in [1.807, 2.05) is 6.07 Å². The van der Waals surface area contributed by atoms with Crippen molar-refractivity contribution < 1.29 is 4.74 Å². The highest BCUT2D eigenvalue weighted by Crippen LogP contribution is 2.49. The van der Waals surface area contributed by atoms with Crippen molar-refractivity contribution in [2.75, 3.05) is 6.61 Å². The Bertz CT molecular complexity index is 646. The SMILES string of the molecule is C(=C\[C@H]1C[C@@H]1c1ccccc1)/[C@H]1C[C@@H]1COCc1ccccc1. The smallest absolute Gasteiger partial charge is 0.0717 e. The quantitative estimate of drug-likeness (QED) is 0.639. The maximum atomic E-state index is 5.85. The third kappa shape index (κ3) is 3.92. The molecule has 2 aromatic rings. The van der Waals surface area contributed by atoms with Crippen molar-refractivity contribution in [3.05, 3.63) is 83.9 Å². The predicted octanol–water partition coefficient (Wildman–Crippen LogP) is 5.20. The van der Waals surface area contributed by atoms with E-state index in [0.717, 1.165) is 36.9 Å². The Labute approximate surface area is 139 Å². The van der Waals surface area contributed by atoms with Gasteiger partial charge in [0.2, 0.25) is 0 Å². The first-order valence-electron chi connectivity index (χ1n) is 8.75. The first-order chi connectivity index (χ1) is 11.4. The van der Waals surface area contributed by atoms with Gasteiger partial charge in [-0.1, -0.05) is 72.8 Å². The van der Waals surface area contributed by atoms with Gasteiger partial charge >= 0.3 is 0 Å². The topological polar surface area (TPSA) is 9.23 Å². The van der Waals surface area contributed by atoms with E-state index in [1.54, 1.807) is 0 Å². The molecule has 0 saturated heterocycles. The number of ether oxygens (including phenoxy) is 1. The van der Waals surface area contributed by atoms with Crippen LogP contribution in [0.25, 0.3) is 0 Å². The number of allylic oxidation sites excluding steroid dienone is 2. The summed E-state index contributed by atoms with van der Waals surface area (Å²) in [4.78, 5) is 0. The fraction of sp³-hybridized carbons (Fsp3) is 0.364. The predicted molar refractivity (Wildman–Crippen MR) is 94.1 cm³/mol. The summed E-state index contributed by atoms with van der Waals surface area (Å²) in [7, 11) is 0. The zero-order valence-corrected chi connectivity index (χ0v) is 13.5. The van der Waals surface area contributed by atoms with Crippen LogP contribution in [0.4, 0.5) is 0 Å². The van der Waals surface area contributed by atoms with Crippen LogP contribution < -0.4 is 0 Å². The van der Waals surface area contributed by atoms with Gasteiger partial charge in [-0.3, -0.25) is 0 Å². The lowest BCUT2D eigenvalue weighted by Gasteiger charge is -2.03. The van der Waals surface area contributed by atoms with Crippen LogP contribution in [0, 0.1) is 17.8 Å². The standard InChI is InChI=1S/C22H24O/c1-3-7-17(8-4-1)15-23-16-21-13-19(21)11-12-20-14-22(20)18-9-5-2-6-10-18/h1-12,19-22H,13-16H2/b12-11+/t19-,20-,21+,22+/m0/s1. The van der Waals surface area contributed by atoms with E-state index in [2.05, 4.69) is 66.7 Å². The first-order valence-corrected chi connectivity index (χ1v) is 8.75. The molecule has 4 rings (SSSR count). The molecule has 4 atom stereocenters. The van der Waals surface area contributed by atoms with Crippen LogP contribution in [0.1, 0.15) is 29.9 Å². The van der Waals surface area contributed by atoms with Gasteiger partial charge in [0.05, 0.1) is 13.2 Å². The summed E-state index contributed by atoms with van der Waals surface area (Å²) in [5.41, 5.74) is 2.77. The van der Waals surface area contributed by atoms with Crippen LogP contribution in [0.2, 0.25) is 0 Å². The van der Waals surface area contributed by atoms with Crippen molar-refractivity contribution in [3.63, 3.8) is 0 Å². The summed E-state index contributed by atoms with van der Waals surface area (Å²) in [6.07, 6.45) is 7.53. The maximum Gasteiger partial charge on any atom is 0.0717 e. The second-order valence-electron chi connectivity index (χ2n) is 6.96. The monoisotopic (exact) mass is 304 g/mol. The zero-order valence-electron chi connectivity index (χ0n) is 13.5. The van der Waals surface area contributed by atoms with Crippen molar-refractivity contribution in [1.29, 1.82) is 0 Å². The summed E-state index contributed by atoms with van der Waals surface area (Å²) in [6.45, 7) is 1.64. The minimum atomic E-state index is 0.740.